The van der Waals surface area contributed by atoms with Crippen LogP contribution in [0.15, 0.2) is 30.5 Å². The van der Waals surface area contributed by atoms with Gasteiger partial charge in [-0.1, -0.05) is 12.1 Å². The zero-order valence-electron chi connectivity index (χ0n) is 13.0. The third kappa shape index (κ3) is 3.44. The number of hydrogen-bond donors (Lipinski definition) is 1. The minimum Gasteiger partial charge on any atom is -0.338 e. The number of para-hydroxylation sites is 1. The van der Waals surface area contributed by atoms with Gasteiger partial charge in [0.2, 0.25) is 5.95 Å². The number of sulfone groups is 1. The predicted molar refractivity (Wildman–Crippen MR) is 89.7 cm³/mol. The van der Waals surface area contributed by atoms with Gasteiger partial charge in [-0.3, -0.25) is 0 Å². The van der Waals surface area contributed by atoms with Gasteiger partial charge in [0.1, 0.15) is 6.07 Å². The van der Waals surface area contributed by atoms with Crippen LogP contribution in [0, 0.1) is 11.3 Å². The molecule has 0 spiro atoms. The summed E-state index contributed by atoms with van der Waals surface area (Å²) in [6, 6.07) is 9.02. The van der Waals surface area contributed by atoms with Gasteiger partial charge in [0.05, 0.1) is 29.0 Å². The maximum absolute atomic E-state index is 11.6. The first kappa shape index (κ1) is 16.1. The molecule has 1 aliphatic heterocycles. The van der Waals surface area contributed by atoms with Crippen molar-refractivity contribution in [2.75, 3.05) is 28.8 Å². The lowest BCUT2D eigenvalue weighted by molar-refractivity contribution is 0.600. The Morgan fingerprint density at radius 3 is 2.88 bits per heavy atom. The number of nitriles is 1. The van der Waals surface area contributed by atoms with Crippen molar-refractivity contribution in [2.24, 2.45) is 0 Å². The fourth-order valence-corrected chi connectivity index (χ4v) is 4.35. The quantitative estimate of drug-likeness (QED) is 0.878. The topological polar surface area (TPSA) is 112 Å². The molecule has 1 unspecified atom stereocenters. The molecule has 1 aromatic heterocycles. The van der Waals surface area contributed by atoms with Gasteiger partial charge in [0.25, 0.3) is 0 Å². The average molecular weight is 344 g/mol. The van der Waals surface area contributed by atoms with Crippen molar-refractivity contribution >= 4 is 27.3 Å². The molecular formula is C15H16N6O2S. The zero-order valence-corrected chi connectivity index (χ0v) is 13.9. The Hall–Kier alpha value is -2.73. The van der Waals surface area contributed by atoms with E-state index in [-0.39, 0.29) is 17.5 Å². The lowest BCUT2D eigenvalue weighted by Crippen LogP contribution is -2.34. The van der Waals surface area contributed by atoms with E-state index < -0.39 is 9.84 Å². The second-order valence-electron chi connectivity index (χ2n) is 5.59. The third-order valence-electron chi connectivity index (χ3n) is 3.93. The molecule has 24 heavy (non-hydrogen) atoms. The van der Waals surface area contributed by atoms with Crippen molar-refractivity contribution in [3.63, 3.8) is 0 Å². The molecule has 0 amide bonds. The highest BCUT2D eigenvalue weighted by atomic mass is 32.2. The van der Waals surface area contributed by atoms with Gasteiger partial charge < -0.3 is 10.2 Å². The van der Waals surface area contributed by atoms with E-state index in [2.05, 4.69) is 26.6 Å². The van der Waals surface area contributed by atoms with Crippen molar-refractivity contribution in [1.29, 1.82) is 5.26 Å². The highest BCUT2D eigenvalue weighted by molar-refractivity contribution is 7.91. The second-order valence-corrected chi connectivity index (χ2v) is 7.82. The molecule has 1 aromatic carbocycles. The van der Waals surface area contributed by atoms with E-state index in [0.29, 0.717) is 29.4 Å². The molecule has 1 fully saturated rings. The minimum atomic E-state index is -2.99. The zero-order chi connectivity index (χ0) is 17.2. The molecule has 8 nitrogen and oxygen atoms in total. The molecule has 0 aliphatic carbocycles. The molecule has 2 heterocycles. The van der Waals surface area contributed by atoms with E-state index in [0.717, 1.165) is 0 Å². The number of nitrogens with one attached hydrogen (secondary N) is 1. The molecule has 0 radical (unpaired) electrons. The van der Waals surface area contributed by atoms with Crippen LogP contribution in [-0.4, -0.2) is 48.2 Å². The molecule has 9 heteroatoms. The fourth-order valence-electron chi connectivity index (χ4n) is 2.58. The van der Waals surface area contributed by atoms with Crippen molar-refractivity contribution in [2.45, 2.75) is 12.5 Å². The molecule has 0 saturated carbocycles. The number of aromatic nitrogens is 3. The lowest BCUT2D eigenvalue weighted by atomic mass is 10.2. The smallest absolute Gasteiger partial charge is 0.247 e. The summed E-state index contributed by atoms with van der Waals surface area (Å²) >= 11 is 0. The Balaban J connectivity index is 1.81. The molecule has 0 bridgehead atoms. The number of anilines is 3. The summed E-state index contributed by atoms with van der Waals surface area (Å²) in [5.74, 6) is 1.07. The molecule has 3 rings (SSSR count). The van der Waals surface area contributed by atoms with E-state index in [1.54, 1.807) is 30.1 Å². The Bertz CT molecular complexity index is 893. The number of hydrogen-bond acceptors (Lipinski definition) is 8. The van der Waals surface area contributed by atoms with Crippen LogP contribution in [0.5, 0.6) is 0 Å². The van der Waals surface area contributed by atoms with Crippen molar-refractivity contribution in [3.8, 4) is 6.07 Å². The van der Waals surface area contributed by atoms with Crippen molar-refractivity contribution in [1.82, 2.24) is 15.2 Å². The number of benzene rings is 1. The summed E-state index contributed by atoms with van der Waals surface area (Å²) < 4.78 is 23.3. The standard InChI is InChI=1S/C15H16N6O2S/c1-21(12-6-7-24(22,23)10-12)15-19-14(9-17-20-15)18-13-5-3-2-4-11(13)8-16/h2-5,9,12H,6-7,10H2,1H3,(H,18,19,20). The van der Waals surface area contributed by atoms with Crippen LogP contribution >= 0.6 is 0 Å². The lowest BCUT2D eigenvalue weighted by Gasteiger charge is -2.22. The van der Waals surface area contributed by atoms with Gasteiger partial charge in [-0.05, 0) is 18.6 Å². The maximum Gasteiger partial charge on any atom is 0.247 e. The Kier molecular flexibility index (Phi) is 4.31. The van der Waals surface area contributed by atoms with Crippen LogP contribution in [-0.2, 0) is 9.84 Å². The first-order chi connectivity index (χ1) is 11.5. The monoisotopic (exact) mass is 344 g/mol. The summed E-state index contributed by atoms with van der Waals surface area (Å²) in [5, 5.41) is 20.1. The van der Waals surface area contributed by atoms with E-state index >= 15 is 0 Å². The van der Waals surface area contributed by atoms with Crippen molar-refractivity contribution < 1.29 is 8.42 Å². The van der Waals surface area contributed by atoms with Crippen molar-refractivity contribution in [3.05, 3.63) is 36.0 Å². The summed E-state index contributed by atoms with van der Waals surface area (Å²) in [4.78, 5) is 6.11. The van der Waals surface area contributed by atoms with Crippen LogP contribution in [0.2, 0.25) is 0 Å². The number of nitrogens with zero attached hydrogens (tertiary/aromatic N) is 5. The van der Waals surface area contributed by atoms with Crippen LogP contribution < -0.4 is 10.2 Å². The first-order valence-corrected chi connectivity index (χ1v) is 9.20. The van der Waals surface area contributed by atoms with Crippen LogP contribution in [0.25, 0.3) is 0 Å². The Morgan fingerprint density at radius 1 is 1.38 bits per heavy atom. The molecule has 1 atom stereocenters. The Labute approximate surface area is 140 Å². The largest absolute Gasteiger partial charge is 0.338 e. The molecule has 1 saturated heterocycles. The summed E-state index contributed by atoms with van der Waals surface area (Å²) in [6.07, 6.45) is 2.01. The van der Waals surface area contributed by atoms with E-state index in [4.69, 9.17) is 5.26 Å². The average Bonchev–Trinajstić information content (AvgIpc) is 2.95. The van der Waals surface area contributed by atoms with Crippen LogP contribution in [0.1, 0.15) is 12.0 Å². The predicted octanol–water partition coefficient (Wildman–Crippen LogP) is 1.11. The summed E-state index contributed by atoms with van der Waals surface area (Å²) in [5.41, 5.74) is 1.12. The SMILES string of the molecule is CN(c1nncc(Nc2ccccc2C#N)n1)C1CCS(=O)(=O)C1. The highest BCUT2D eigenvalue weighted by Crippen LogP contribution is 2.22. The second kappa shape index (κ2) is 6.41. The van der Waals surface area contributed by atoms with Gasteiger partial charge in [0, 0.05) is 13.1 Å². The summed E-state index contributed by atoms with van der Waals surface area (Å²) in [7, 11) is -1.23. The fraction of sp³-hybridized carbons (Fsp3) is 0.333. The minimum absolute atomic E-state index is 0.0990. The van der Waals surface area contributed by atoms with Crippen LogP contribution in [0.3, 0.4) is 0 Å². The highest BCUT2D eigenvalue weighted by Gasteiger charge is 2.32. The van der Waals surface area contributed by atoms with Gasteiger partial charge in [-0.15, -0.1) is 5.10 Å². The van der Waals surface area contributed by atoms with Gasteiger partial charge in [-0.25, -0.2) is 8.42 Å². The van der Waals surface area contributed by atoms with E-state index in [1.165, 1.54) is 6.20 Å². The summed E-state index contributed by atoms with van der Waals surface area (Å²) in [6.45, 7) is 0. The molecule has 1 N–H and O–H groups in total. The van der Waals surface area contributed by atoms with E-state index in [9.17, 15) is 8.42 Å². The van der Waals surface area contributed by atoms with Crippen LogP contribution in [0.4, 0.5) is 17.5 Å². The van der Waals surface area contributed by atoms with Gasteiger partial charge >= 0.3 is 0 Å². The normalized spacial score (nSPS) is 18.8. The molecule has 1 aliphatic rings. The van der Waals surface area contributed by atoms with E-state index in [1.807, 2.05) is 6.07 Å². The first-order valence-electron chi connectivity index (χ1n) is 7.37. The van der Waals surface area contributed by atoms with Gasteiger partial charge in [0.15, 0.2) is 15.7 Å². The number of rotatable bonds is 4. The van der Waals surface area contributed by atoms with Gasteiger partial charge in [-0.2, -0.15) is 15.3 Å². The molecular weight excluding hydrogens is 328 g/mol. The third-order valence-corrected chi connectivity index (χ3v) is 5.68. The maximum atomic E-state index is 11.6. The molecule has 2 aromatic rings. The molecule has 124 valence electrons. The Morgan fingerprint density at radius 2 is 2.17 bits per heavy atom.